The molecule has 2 rings (SSSR count). The largest absolute Gasteiger partial charge is 0.378 e. The molecule has 0 aromatic carbocycles. The van der Waals surface area contributed by atoms with E-state index in [9.17, 15) is 10.1 Å². The van der Waals surface area contributed by atoms with Gasteiger partial charge in [-0.25, -0.2) is 0 Å². The smallest absolute Gasteiger partial charge is 0.324 e. The van der Waals surface area contributed by atoms with E-state index in [1.165, 1.54) is 0 Å². The lowest BCUT2D eigenvalue weighted by atomic mass is 10.3. The molecule has 2 aromatic heterocycles. The van der Waals surface area contributed by atoms with E-state index >= 15 is 0 Å². The van der Waals surface area contributed by atoms with E-state index in [0.717, 1.165) is 28.3 Å². The summed E-state index contributed by atoms with van der Waals surface area (Å²) in [5.41, 5.74) is 2.83. The second-order valence-corrected chi connectivity index (χ2v) is 5.08. The van der Waals surface area contributed by atoms with Crippen LogP contribution in [0.4, 0.5) is 16.4 Å². The predicted molar refractivity (Wildman–Crippen MR) is 76.9 cm³/mol. The average Bonchev–Trinajstić information content (AvgIpc) is 2.85. The zero-order valence-electron chi connectivity index (χ0n) is 10.7. The van der Waals surface area contributed by atoms with Crippen molar-refractivity contribution in [3.8, 4) is 0 Å². The number of pyridine rings is 1. The van der Waals surface area contributed by atoms with Crippen LogP contribution < -0.4 is 10.2 Å². The summed E-state index contributed by atoms with van der Waals surface area (Å²) in [6, 6.07) is 3.50. The highest BCUT2D eigenvalue weighted by Gasteiger charge is 2.10. The van der Waals surface area contributed by atoms with Crippen molar-refractivity contribution in [2.45, 2.75) is 6.54 Å². The molecule has 0 amide bonds. The number of anilines is 2. The zero-order valence-corrected chi connectivity index (χ0v) is 11.5. The molecule has 0 unspecified atom stereocenters. The van der Waals surface area contributed by atoms with Crippen LogP contribution in [0.15, 0.2) is 29.9 Å². The van der Waals surface area contributed by atoms with Gasteiger partial charge < -0.3 is 10.2 Å². The molecule has 7 heteroatoms. The summed E-state index contributed by atoms with van der Waals surface area (Å²) in [5.74, 6) is 0. The lowest BCUT2D eigenvalue weighted by Gasteiger charge is -2.17. The molecule has 0 aliphatic carbocycles. The fourth-order valence-electron chi connectivity index (χ4n) is 1.66. The van der Waals surface area contributed by atoms with Gasteiger partial charge >= 0.3 is 5.00 Å². The number of hydrogen-bond donors (Lipinski definition) is 1. The SMILES string of the molecule is CN(C)c1ccncc1NCc1csc([N+](=O)[O-])c1. The minimum absolute atomic E-state index is 0.163. The first-order valence-electron chi connectivity index (χ1n) is 5.65. The van der Waals surface area contributed by atoms with E-state index in [2.05, 4.69) is 10.3 Å². The van der Waals surface area contributed by atoms with Crippen LogP contribution in [0.1, 0.15) is 5.56 Å². The molecule has 0 saturated carbocycles. The number of aromatic nitrogens is 1. The molecular weight excluding hydrogens is 264 g/mol. The molecule has 0 saturated heterocycles. The Morgan fingerprint density at radius 2 is 2.32 bits per heavy atom. The van der Waals surface area contributed by atoms with Crippen molar-refractivity contribution < 1.29 is 4.92 Å². The monoisotopic (exact) mass is 278 g/mol. The van der Waals surface area contributed by atoms with Crippen LogP contribution >= 0.6 is 11.3 Å². The van der Waals surface area contributed by atoms with Crippen molar-refractivity contribution in [1.82, 2.24) is 4.98 Å². The second kappa shape index (κ2) is 5.66. The lowest BCUT2D eigenvalue weighted by molar-refractivity contribution is -0.380. The molecule has 0 radical (unpaired) electrons. The third-order valence-electron chi connectivity index (χ3n) is 2.58. The number of thiophene rings is 1. The number of nitrogens with one attached hydrogen (secondary N) is 1. The zero-order chi connectivity index (χ0) is 13.8. The Labute approximate surface area is 114 Å². The molecule has 6 nitrogen and oxygen atoms in total. The first-order chi connectivity index (χ1) is 9.08. The number of hydrogen-bond acceptors (Lipinski definition) is 6. The van der Waals surface area contributed by atoms with Crippen LogP contribution in [0.5, 0.6) is 0 Å². The summed E-state index contributed by atoms with van der Waals surface area (Å²) in [4.78, 5) is 16.3. The van der Waals surface area contributed by atoms with Crippen LogP contribution in [-0.2, 0) is 6.54 Å². The van der Waals surface area contributed by atoms with Crippen LogP contribution in [0.25, 0.3) is 0 Å². The molecule has 0 bridgehead atoms. The Morgan fingerprint density at radius 1 is 1.53 bits per heavy atom. The van der Waals surface area contributed by atoms with Gasteiger partial charge in [-0.15, -0.1) is 0 Å². The standard InChI is InChI=1S/C12H14N4O2S/c1-15(2)11-3-4-13-7-10(11)14-6-9-5-12(16(17)18)19-8-9/h3-5,7-8,14H,6H2,1-2H3. The first kappa shape index (κ1) is 13.3. The summed E-state index contributed by atoms with van der Waals surface area (Å²) < 4.78 is 0. The highest BCUT2D eigenvalue weighted by Crippen LogP contribution is 2.26. The molecule has 0 aliphatic heterocycles. The van der Waals surface area contributed by atoms with Gasteiger partial charge in [0, 0.05) is 38.3 Å². The first-order valence-corrected chi connectivity index (χ1v) is 6.53. The Hall–Kier alpha value is -2.15. The maximum Gasteiger partial charge on any atom is 0.324 e. The van der Waals surface area contributed by atoms with E-state index in [1.807, 2.05) is 25.1 Å². The molecule has 2 aromatic rings. The molecule has 0 atom stereocenters. The van der Waals surface area contributed by atoms with Crippen LogP contribution in [0.3, 0.4) is 0 Å². The van der Waals surface area contributed by atoms with Crippen molar-refractivity contribution in [3.05, 3.63) is 45.6 Å². The van der Waals surface area contributed by atoms with Gasteiger partial charge in [0.25, 0.3) is 0 Å². The van der Waals surface area contributed by atoms with Gasteiger partial charge in [-0.05, 0) is 11.6 Å². The number of nitro groups is 1. The Morgan fingerprint density at radius 3 is 2.95 bits per heavy atom. The normalized spacial score (nSPS) is 10.2. The number of rotatable bonds is 5. The Bertz CT molecular complexity index is 583. The fraction of sp³-hybridized carbons (Fsp3) is 0.250. The van der Waals surface area contributed by atoms with E-state index in [1.54, 1.807) is 23.8 Å². The predicted octanol–water partition coefficient (Wildman–Crippen LogP) is 2.73. The van der Waals surface area contributed by atoms with Crippen molar-refractivity contribution in [3.63, 3.8) is 0 Å². The van der Waals surface area contributed by atoms with Crippen molar-refractivity contribution in [2.75, 3.05) is 24.3 Å². The van der Waals surface area contributed by atoms with Gasteiger partial charge in [0.15, 0.2) is 0 Å². The van der Waals surface area contributed by atoms with E-state index < -0.39 is 0 Å². The third kappa shape index (κ3) is 3.19. The summed E-state index contributed by atoms with van der Waals surface area (Å²) in [7, 11) is 3.91. The van der Waals surface area contributed by atoms with Crippen molar-refractivity contribution in [1.29, 1.82) is 0 Å². The summed E-state index contributed by atoms with van der Waals surface area (Å²) in [6.07, 6.45) is 3.48. The summed E-state index contributed by atoms with van der Waals surface area (Å²) in [6.45, 7) is 0.539. The molecule has 0 spiro atoms. The number of nitrogens with zero attached hydrogens (tertiary/aromatic N) is 3. The van der Waals surface area contributed by atoms with Gasteiger partial charge in [-0.3, -0.25) is 15.1 Å². The topological polar surface area (TPSA) is 71.3 Å². The Kier molecular flexibility index (Phi) is 3.96. The minimum atomic E-state index is -0.372. The van der Waals surface area contributed by atoms with Gasteiger partial charge in [-0.1, -0.05) is 11.3 Å². The third-order valence-corrected chi connectivity index (χ3v) is 3.51. The molecule has 19 heavy (non-hydrogen) atoms. The maximum atomic E-state index is 10.6. The van der Waals surface area contributed by atoms with Gasteiger partial charge in [0.05, 0.1) is 22.5 Å². The molecular formula is C12H14N4O2S. The minimum Gasteiger partial charge on any atom is -0.378 e. The van der Waals surface area contributed by atoms with Gasteiger partial charge in [0.2, 0.25) is 0 Å². The van der Waals surface area contributed by atoms with Gasteiger partial charge in [-0.2, -0.15) is 0 Å². The average molecular weight is 278 g/mol. The second-order valence-electron chi connectivity index (χ2n) is 4.19. The van der Waals surface area contributed by atoms with Gasteiger partial charge in [0.1, 0.15) is 0 Å². The Balaban J connectivity index is 2.08. The van der Waals surface area contributed by atoms with Crippen LogP contribution in [-0.4, -0.2) is 24.0 Å². The van der Waals surface area contributed by atoms with Crippen molar-refractivity contribution >= 4 is 27.7 Å². The van der Waals surface area contributed by atoms with Crippen molar-refractivity contribution in [2.24, 2.45) is 0 Å². The molecule has 2 heterocycles. The molecule has 1 N–H and O–H groups in total. The van der Waals surface area contributed by atoms with Crippen LogP contribution in [0.2, 0.25) is 0 Å². The fourth-order valence-corrected chi connectivity index (χ4v) is 2.39. The molecule has 100 valence electrons. The summed E-state index contributed by atoms with van der Waals surface area (Å²) in [5, 5.41) is 15.8. The van der Waals surface area contributed by atoms with E-state index in [-0.39, 0.29) is 9.92 Å². The quantitative estimate of drug-likeness (QED) is 0.672. The molecule has 0 aliphatic rings. The lowest BCUT2D eigenvalue weighted by Crippen LogP contribution is -2.12. The van der Waals surface area contributed by atoms with E-state index in [4.69, 9.17) is 0 Å². The molecule has 0 fully saturated rings. The maximum absolute atomic E-state index is 10.6. The highest BCUT2D eigenvalue weighted by molar-refractivity contribution is 7.13. The highest BCUT2D eigenvalue weighted by atomic mass is 32.1. The summed E-state index contributed by atoms with van der Waals surface area (Å²) >= 11 is 1.14. The van der Waals surface area contributed by atoms with Crippen LogP contribution in [0, 0.1) is 10.1 Å². The van der Waals surface area contributed by atoms with E-state index in [0.29, 0.717) is 6.54 Å².